The third-order valence-corrected chi connectivity index (χ3v) is 5.54. The molecule has 7 heteroatoms. The molecule has 2 amide bonds. The zero-order chi connectivity index (χ0) is 22.9. The van der Waals surface area contributed by atoms with Crippen molar-refractivity contribution in [2.24, 2.45) is 0 Å². The smallest absolute Gasteiger partial charge is 0.261 e. The van der Waals surface area contributed by atoms with Gasteiger partial charge in [-0.3, -0.25) is 9.59 Å². The summed E-state index contributed by atoms with van der Waals surface area (Å²) in [5.41, 5.74) is 1.80. The van der Waals surface area contributed by atoms with Crippen molar-refractivity contribution in [3.05, 3.63) is 100 Å². The first-order valence-corrected chi connectivity index (χ1v) is 10.9. The Morgan fingerprint density at radius 3 is 2.22 bits per heavy atom. The fourth-order valence-corrected chi connectivity index (χ4v) is 3.61. The number of halogens is 2. The zero-order valence-corrected chi connectivity index (χ0v) is 19.1. The first-order chi connectivity index (χ1) is 15.5. The van der Waals surface area contributed by atoms with Crippen molar-refractivity contribution in [1.82, 2.24) is 10.2 Å². The number of nitrogens with one attached hydrogen (secondary N) is 1. The Morgan fingerprint density at radius 1 is 0.906 bits per heavy atom. The summed E-state index contributed by atoms with van der Waals surface area (Å²) in [6.45, 7) is -0.0214. The molecule has 0 bridgehead atoms. The van der Waals surface area contributed by atoms with Gasteiger partial charge >= 0.3 is 0 Å². The van der Waals surface area contributed by atoms with Crippen molar-refractivity contribution in [3.63, 3.8) is 0 Å². The van der Waals surface area contributed by atoms with Crippen LogP contribution in [0.25, 0.3) is 0 Å². The third kappa shape index (κ3) is 6.49. The molecule has 0 aliphatic carbocycles. The molecule has 32 heavy (non-hydrogen) atoms. The molecule has 1 atom stereocenters. The average Bonchev–Trinajstić information content (AvgIpc) is 2.82. The highest BCUT2D eigenvalue weighted by molar-refractivity contribution is 6.32. The average molecular weight is 471 g/mol. The van der Waals surface area contributed by atoms with E-state index in [-0.39, 0.29) is 25.0 Å². The molecular weight excluding hydrogens is 447 g/mol. The van der Waals surface area contributed by atoms with Gasteiger partial charge < -0.3 is 15.0 Å². The van der Waals surface area contributed by atoms with E-state index < -0.39 is 6.04 Å². The van der Waals surface area contributed by atoms with Gasteiger partial charge in [-0.25, -0.2) is 0 Å². The minimum atomic E-state index is -0.722. The molecule has 1 unspecified atom stereocenters. The van der Waals surface area contributed by atoms with Crippen LogP contribution in [0, 0.1) is 0 Å². The lowest BCUT2D eigenvalue weighted by Gasteiger charge is -2.31. The van der Waals surface area contributed by atoms with Gasteiger partial charge in [0.15, 0.2) is 6.61 Å². The number of hydrogen-bond donors (Lipinski definition) is 1. The van der Waals surface area contributed by atoms with E-state index in [1.807, 2.05) is 42.5 Å². The Bertz CT molecular complexity index is 1040. The second-order valence-electron chi connectivity index (χ2n) is 7.19. The standard InChI is InChI=1S/C25H24Cl2N2O3/c1-28-25(31)22(15-18-7-3-2-4-8-18)29(16-19-11-13-20(26)14-12-19)24(30)17-32-23-10-6-5-9-21(23)27/h2-14,22H,15-17H2,1H3,(H,28,31). The Morgan fingerprint density at radius 2 is 1.56 bits per heavy atom. The van der Waals surface area contributed by atoms with E-state index in [9.17, 15) is 9.59 Å². The summed E-state index contributed by atoms with van der Waals surface area (Å²) in [6, 6.07) is 23.0. The van der Waals surface area contributed by atoms with Gasteiger partial charge in [0.2, 0.25) is 5.91 Å². The van der Waals surface area contributed by atoms with Crippen LogP contribution in [0.15, 0.2) is 78.9 Å². The molecule has 166 valence electrons. The molecule has 0 fully saturated rings. The number of carbonyl (C=O) groups is 2. The molecule has 1 N–H and O–H groups in total. The number of rotatable bonds is 9. The van der Waals surface area contributed by atoms with Crippen LogP contribution < -0.4 is 10.1 Å². The number of amides is 2. The molecule has 0 aliphatic rings. The van der Waals surface area contributed by atoms with E-state index in [4.69, 9.17) is 27.9 Å². The Kier molecular flexibility index (Phi) is 8.54. The number of nitrogens with zero attached hydrogens (tertiary/aromatic N) is 1. The summed E-state index contributed by atoms with van der Waals surface area (Å²) >= 11 is 12.2. The van der Waals surface area contributed by atoms with Crippen molar-refractivity contribution in [2.75, 3.05) is 13.7 Å². The predicted octanol–water partition coefficient (Wildman–Crippen LogP) is 4.76. The summed E-state index contributed by atoms with van der Waals surface area (Å²) < 4.78 is 5.67. The van der Waals surface area contributed by atoms with Crippen LogP contribution in [0.3, 0.4) is 0 Å². The maximum absolute atomic E-state index is 13.3. The van der Waals surface area contributed by atoms with Crippen LogP contribution >= 0.6 is 23.2 Å². The van der Waals surface area contributed by atoms with Crippen molar-refractivity contribution < 1.29 is 14.3 Å². The summed E-state index contributed by atoms with van der Waals surface area (Å²) in [5.74, 6) is -0.174. The number of para-hydroxylation sites is 1. The van der Waals surface area contributed by atoms with Crippen molar-refractivity contribution >= 4 is 35.0 Å². The molecule has 0 spiro atoms. The van der Waals surface area contributed by atoms with Crippen LogP contribution in [0.2, 0.25) is 10.0 Å². The van der Waals surface area contributed by atoms with Crippen LogP contribution in [0.1, 0.15) is 11.1 Å². The van der Waals surface area contributed by atoms with Gasteiger partial charge in [-0.05, 0) is 35.4 Å². The number of carbonyl (C=O) groups excluding carboxylic acids is 2. The minimum absolute atomic E-state index is 0.229. The second-order valence-corrected chi connectivity index (χ2v) is 8.03. The van der Waals surface area contributed by atoms with Gasteiger partial charge in [0.1, 0.15) is 11.8 Å². The van der Waals surface area contributed by atoms with E-state index in [0.29, 0.717) is 22.2 Å². The lowest BCUT2D eigenvalue weighted by molar-refractivity contribution is -0.142. The Hall–Kier alpha value is -3.02. The molecule has 0 saturated carbocycles. The van der Waals surface area contributed by atoms with Gasteiger partial charge in [-0.2, -0.15) is 0 Å². The van der Waals surface area contributed by atoms with E-state index in [1.165, 1.54) is 4.90 Å². The van der Waals surface area contributed by atoms with E-state index in [0.717, 1.165) is 11.1 Å². The first kappa shape index (κ1) is 23.6. The quantitative estimate of drug-likeness (QED) is 0.490. The molecule has 3 rings (SSSR count). The van der Waals surface area contributed by atoms with Crippen LogP contribution in [-0.4, -0.2) is 36.4 Å². The molecule has 0 aromatic heterocycles. The Balaban J connectivity index is 1.87. The summed E-state index contributed by atoms with van der Waals surface area (Å²) in [5, 5.41) is 3.69. The van der Waals surface area contributed by atoms with Gasteiger partial charge in [0, 0.05) is 25.0 Å². The predicted molar refractivity (Wildman–Crippen MR) is 127 cm³/mol. The second kappa shape index (κ2) is 11.6. The molecule has 0 saturated heterocycles. The van der Waals surface area contributed by atoms with Gasteiger partial charge in [-0.1, -0.05) is 77.8 Å². The molecule has 0 aliphatic heterocycles. The lowest BCUT2D eigenvalue weighted by atomic mass is 10.0. The van der Waals surface area contributed by atoms with E-state index >= 15 is 0 Å². The van der Waals surface area contributed by atoms with Crippen LogP contribution in [-0.2, 0) is 22.6 Å². The molecule has 3 aromatic rings. The Labute approximate surface area is 197 Å². The highest BCUT2D eigenvalue weighted by atomic mass is 35.5. The monoisotopic (exact) mass is 470 g/mol. The molecular formula is C25H24Cl2N2O3. The fraction of sp³-hybridized carbons (Fsp3) is 0.200. The molecule has 0 radical (unpaired) electrons. The zero-order valence-electron chi connectivity index (χ0n) is 17.6. The maximum Gasteiger partial charge on any atom is 0.261 e. The number of hydrogen-bond acceptors (Lipinski definition) is 3. The minimum Gasteiger partial charge on any atom is -0.482 e. The van der Waals surface area contributed by atoms with Crippen molar-refractivity contribution in [2.45, 2.75) is 19.0 Å². The van der Waals surface area contributed by atoms with Crippen LogP contribution in [0.5, 0.6) is 5.75 Å². The highest BCUT2D eigenvalue weighted by Gasteiger charge is 2.30. The normalized spacial score (nSPS) is 11.5. The van der Waals surface area contributed by atoms with Gasteiger partial charge in [0.25, 0.3) is 5.91 Å². The molecule has 0 heterocycles. The maximum atomic E-state index is 13.3. The first-order valence-electron chi connectivity index (χ1n) is 10.1. The van der Waals surface area contributed by atoms with E-state index in [2.05, 4.69) is 5.32 Å². The summed E-state index contributed by atoms with van der Waals surface area (Å²) in [6.07, 6.45) is 0.367. The summed E-state index contributed by atoms with van der Waals surface area (Å²) in [4.78, 5) is 27.7. The molecule has 5 nitrogen and oxygen atoms in total. The lowest BCUT2D eigenvalue weighted by Crippen LogP contribution is -2.51. The number of ether oxygens (including phenoxy) is 1. The fourth-order valence-electron chi connectivity index (χ4n) is 3.29. The highest BCUT2D eigenvalue weighted by Crippen LogP contribution is 2.23. The molecule has 3 aromatic carbocycles. The number of benzene rings is 3. The van der Waals surface area contributed by atoms with Crippen LogP contribution in [0.4, 0.5) is 0 Å². The number of likely N-dealkylation sites (N-methyl/N-ethyl adjacent to an activating group) is 1. The van der Waals surface area contributed by atoms with E-state index in [1.54, 1.807) is 43.4 Å². The largest absolute Gasteiger partial charge is 0.482 e. The summed E-state index contributed by atoms with van der Waals surface area (Å²) in [7, 11) is 1.56. The van der Waals surface area contributed by atoms with Crippen molar-refractivity contribution in [3.8, 4) is 5.75 Å². The third-order valence-electron chi connectivity index (χ3n) is 4.97. The van der Waals surface area contributed by atoms with Crippen molar-refractivity contribution in [1.29, 1.82) is 0 Å². The topological polar surface area (TPSA) is 58.6 Å². The van der Waals surface area contributed by atoms with Gasteiger partial charge in [0.05, 0.1) is 5.02 Å². The van der Waals surface area contributed by atoms with Gasteiger partial charge in [-0.15, -0.1) is 0 Å². The SMILES string of the molecule is CNC(=O)C(Cc1ccccc1)N(Cc1ccc(Cl)cc1)C(=O)COc1ccccc1Cl.